The molecule has 1 heterocycles. The Bertz CT molecular complexity index is 2240. The molecular formula is C36H20O. The van der Waals surface area contributed by atoms with E-state index in [9.17, 15) is 0 Å². The number of hydrogen-bond donors (Lipinski definition) is 0. The Morgan fingerprint density at radius 1 is 0.378 bits per heavy atom. The Labute approximate surface area is 213 Å². The third-order valence-electron chi connectivity index (χ3n) is 8.17. The van der Waals surface area contributed by atoms with Crippen LogP contribution in [0.4, 0.5) is 0 Å². The van der Waals surface area contributed by atoms with Crippen LogP contribution in [0.25, 0.3) is 87.6 Å². The third kappa shape index (κ3) is 2.43. The van der Waals surface area contributed by atoms with E-state index in [4.69, 9.17) is 4.42 Å². The summed E-state index contributed by atoms with van der Waals surface area (Å²) < 4.78 is 6.55. The smallest absolute Gasteiger partial charge is 0.143 e. The van der Waals surface area contributed by atoms with E-state index >= 15 is 0 Å². The third-order valence-corrected chi connectivity index (χ3v) is 8.17. The normalized spacial score (nSPS) is 12.3. The van der Waals surface area contributed by atoms with E-state index in [-0.39, 0.29) is 0 Å². The Hall–Kier alpha value is -4.88. The molecule has 0 unspecified atom stereocenters. The first-order valence-corrected chi connectivity index (χ1v) is 12.8. The molecule has 0 amide bonds. The number of fused-ring (bicyclic) bond motifs is 10. The van der Waals surface area contributed by atoms with Gasteiger partial charge in [-0.15, -0.1) is 0 Å². The van der Waals surface area contributed by atoms with Crippen LogP contribution in [0.5, 0.6) is 0 Å². The Morgan fingerprint density at radius 3 is 1.92 bits per heavy atom. The van der Waals surface area contributed by atoms with Crippen molar-refractivity contribution >= 4 is 54.3 Å². The standard InChI is InChI=1S/C36H20O/c1-4-13-25-21(8-1)18-19-29-33-26(14-7-17-31(33)37-36(25)29)30-20-23-9-2-3-12-24(23)34-27-15-5-10-22-11-6-16-28(32(22)27)35(30)34/h1-20H. The molecule has 1 aromatic heterocycles. The zero-order valence-corrected chi connectivity index (χ0v) is 20.0. The highest BCUT2D eigenvalue weighted by Crippen LogP contribution is 2.55. The monoisotopic (exact) mass is 468 g/mol. The fourth-order valence-electron chi connectivity index (χ4n) is 6.66. The molecule has 0 bridgehead atoms. The highest BCUT2D eigenvalue weighted by Gasteiger charge is 2.27. The summed E-state index contributed by atoms with van der Waals surface area (Å²) in [6.07, 6.45) is 0. The Balaban J connectivity index is 1.48. The zero-order valence-electron chi connectivity index (χ0n) is 20.0. The average molecular weight is 469 g/mol. The summed E-state index contributed by atoms with van der Waals surface area (Å²) in [5.74, 6) is 0. The van der Waals surface area contributed by atoms with Crippen LogP contribution >= 0.6 is 0 Å². The molecule has 37 heavy (non-hydrogen) atoms. The summed E-state index contributed by atoms with van der Waals surface area (Å²) in [5.41, 5.74) is 9.69. The molecule has 0 aliphatic heterocycles. The van der Waals surface area contributed by atoms with E-state index in [1.54, 1.807) is 0 Å². The first-order chi connectivity index (χ1) is 18.4. The van der Waals surface area contributed by atoms with Crippen LogP contribution in [0.1, 0.15) is 0 Å². The van der Waals surface area contributed by atoms with Gasteiger partial charge >= 0.3 is 0 Å². The molecular weight excluding hydrogens is 448 g/mol. The summed E-state index contributed by atoms with van der Waals surface area (Å²) in [6, 6.07) is 44.0. The summed E-state index contributed by atoms with van der Waals surface area (Å²) in [4.78, 5) is 0. The van der Waals surface area contributed by atoms with Gasteiger partial charge in [0, 0.05) is 16.2 Å². The second kappa shape index (κ2) is 6.87. The second-order valence-corrected chi connectivity index (χ2v) is 10.0. The van der Waals surface area contributed by atoms with Crippen molar-refractivity contribution in [1.82, 2.24) is 0 Å². The molecule has 0 saturated carbocycles. The lowest BCUT2D eigenvalue weighted by atomic mass is 9.87. The van der Waals surface area contributed by atoms with Crippen LogP contribution in [-0.4, -0.2) is 0 Å². The minimum absolute atomic E-state index is 0.930. The highest BCUT2D eigenvalue weighted by atomic mass is 16.3. The summed E-state index contributed by atoms with van der Waals surface area (Å²) >= 11 is 0. The van der Waals surface area contributed by atoms with E-state index in [0.717, 1.165) is 16.6 Å². The van der Waals surface area contributed by atoms with Crippen molar-refractivity contribution in [2.24, 2.45) is 0 Å². The zero-order chi connectivity index (χ0) is 24.1. The van der Waals surface area contributed by atoms with Crippen LogP contribution in [-0.2, 0) is 0 Å². The summed E-state index contributed by atoms with van der Waals surface area (Å²) in [5, 5.41) is 9.92. The lowest BCUT2D eigenvalue weighted by molar-refractivity contribution is 0.673. The maximum absolute atomic E-state index is 6.55. The molecule has 8 aromatic rings. The minimum Gasteiger partial charge on any atom is -0.455 e. The van der Waals surface area contributed by atoms with E-state index in [1.165, 1.54) is 71.1 Å². The summed E-state index contributed by atoms with van der Waals surface area (Å²) in [6.45, 7) is 0. The van der Waals surface area contributed by atoms with Crippen molar-refractivity contribution in [3.63, 3.8) is 0 Å². The SMILES string of the molecule is c1ccc2c3c(c(-c4cccc5oc6c7ccccc7ccc6c45)cc2c1)-c1cccc2cccc-3c12. The van der Waals surface area contributed by atoms with E-state index in [1.807, 2.05) is 0 Å². The first-order valence-electron chi connectivity index (χ1n) is 12.8. The molecule has 1 aliphatic rings. The van der Waals surface area contributed by atoms with Gasteiger partial charge in [0.05, 0.1) is 0 Å². The topological polar surface area (TPSA) is 13.1 Å². The molecule has 1 heteroatoms. The van der Waals surface area contributed by atoms with Gasteiger partial charge in [-0.25, -0.2) is 0 Å². The molecule has 1 aliphatic carbocycles. The van der Waals surface area contributed by atoms with E-state index < -0.39 is 0 Å². The Morgan fingerprint density at radius 2 is 1.05 bits per heavy atom. The number of hydrogen-bond acceptors (Lipinski definition) is 1. The van der Waals surface area contributed by atoms with Gasteiger partial charge in [-0.2, -0.15) is 0 Å². The van der Waals surface area contributed by atoms with Crippen LogP contribution in [0.3, 0.4) is 0 Å². The first kappa shape index (κ1) is 19.3. The number of benzene rings is 7. The maximum Gasteiger partial charge on any atom is 0.143 e. The lowest BCUT2D eigenvalue weighted by Crippen LogP contribution is -1.88. The van der Waals surface area contributed by atoms with Gasteiger partial charge in [-0.3, -0.25) is 0 Å². The van der Waals surface area contributed by atoms with Gasteiger partial charge < -0.3 is 4.42 Å². The lowest BCUT2D eigenvalue weighted by Gasteiger charge is -2.15. The van der Waals surface area contributed by atoms with Crippen molar-refractivity contribution in [2.75, 3.05) is 0 Å². The van der Waals surface area contributed by atoms with Crippen LogP contribution in [0.2, 0.25) is 0 Å². The van der Waals surface area contributed by atoms with Crippen molar-refractivity contribution in [3.05, 3.63) is 121 Å². The van der Waals surface area contributed by atoms with Gasteiger partial charge in [0.1, 0.15) is 11.2 Å². The van der Waals surface area contributed by atoms with Crippen LogP contribution in [0.15, 0.2) is 126 Å². The quantitative estimate of drug-likeness (QED) is 0.233. The molecule has 0 N–H and O–H groups in total. The van der Waals surface area contributed by atoms with Gasteiger partial charge in [-0.05, 0) is 78.5 Å². The molecule has 7 aromatic carbocycles. The molecule has 0 radical (unpaired) electrons. The molecule has 0 atom stereocenters. The number of furan rings is 1. The number of rotatable bonds is 1. The van der Waals surface area contributed by atoms with Gasteiger partial charge in [0.25, 0.3) is 0 Å². The molecule has 0 spiro atoms. The van der Waals surface area contributed by atoms with E-state index in [2.05, 4.69) is 121 Å². The van der Waals surface area contributed by atoms with Crippen LogP contribution in [0, 0.1) is 0 Å². The van der Waals surface area contributed by atoms with Crippen LogP contribution < -0.4 is 0 Å². The van der Waals surface area contributed by atoms with Gasteiger partial charge in [0.15, 0.2) is 0 Å². The highest BCUT2D eigenvalue weighted by molar-refractivity contribution is 6.27. The van der Waals surface area contributed by atoms with Crippen molar-refractivity contribution in [3.8, 4) is 33.4 Å². The van der Waals surface area contributed by atoms with Gasteiger partial charge in [-0.1, -0.05) is 103 Å². The fraction of sp³-hybridized carbons (Fsp3) is 0. The Kier molecular flexibility index (Phi) is 3.59. The second-order valence-electron chi connectivity index (χ2n) is 10.0. The predicted molar refractivity (Wildman–Crippen MR) is 156 cm³/mol. The largest absolute Gasteiger partial charge is 0.455 e. The molecule has 170 valence electrons. The van der Waals surface area contributed by atoms with Crippen molar-refractivity contribution in [1.29, 1.82) is 0 Å². The summed E-state index contributed by atoms with van der Waals surface area (Å²) in [7, 11) is 0. The average Bonchev–Trinajstić information content (AvgIpc) is 3.51. The van der Waals surface area contributed by atoms with E-state index in [0.29, 0.717) is 0 Å². The van der Waals surface area contributed by atoms with Crippen molar-refractivity contribution in [2.45, 2.75) is 0 Å². The predicted octanol–water partition coefficient (Wildman–Crippen LogP) is 10.4. The maximum atomic E-state index is 6.55. The fourth-order valence-corrected chi connectivity index (χ4v) is 6.66. The van der Waals surface area contributed by atoms with Crippen molar-refractivity contribution < 1.29 is 4.42 Å². The minimum atomic E-state index is 0.930. The van der Waals surface area contributed by atoms with Gasteiger partial charge in [0.2, 0.25) is 0 Å². The molecule has 0 saturated heterocycles. The molecule has 1 nitrogen and oxygen atoms in total. The molecule has 0 fully saturated rings. The molecule has 9 rings (SSSR count).